The molecule has 2 heteroatoms. The number of fused-ring (bicyclic) bond motifs is 4. The zero-order valence-corrected chi connectivity index (χ0v) is 12.5. The van der Waals surface area contributed by atoms with Crippen molar-refractivity contribution in [3.05, 3.63) is 79.0 Å². The molecule has 0 spiro atoms. The SMILES string of the molecule is c1ccc2[nH]c(-c3cccc4ncc5ccccc5c34)cc2c1. The fourth-order valence-electron chi connectivity index (χ4n) is 3.35. The van der Waals surface area contributed by atoms with E-state index in [4.69, 9.17) is 0 Å². The topological polar surface area (TPSA) is 28.7 Å². The third-order valence-electron chi connectivity index (χ3n) is 4.44. The van der Waals surface area contributed by atoms with Crippen molar-refractivity contribution in [2.24, 2.45) is 0 Å². The minimum atomic E-state index is 1.03. The highest BCUT2D eigenvalue weighted by Crippen LogP contribution is 2.34. The summed E-state index contributed by atoms with van der Waals surface area (Å²) in [4.78, 5) is 8.18. The summed E-state index contributed by atoms with van der Waals surface area (Å²) < 4.78 is 0. The van der Waals surface area contributed by atoms with Gasteiger partial charge < -0.3 is 4.98 Å². The van der Waals surface area contributed by atoms with Crippen LogP contribution in [-0.2, 0) is 0 Å². The number of rotatable bonds is 1. The Balaban J connectivity index is 1.92. The molecule has 0 aliphatic carbocycles. The van der Waals surface area contributed by atoms with Crippen molar-refractivity contribution in [1.82, 2.24) is 9.97 Å². The molecule has 108 valence electrons. The minimum absolute atomic E-state index is 1.03. The lowest BCUT2D eigenvalue weighted by Gasteiger charge is -2.08. The monoisotopic (exact) mass is 294 g/mol. The highest BCUT2D eigenvalue weighted by molar-refractivity contribution is 6.12. The van der Waals surface area contributed by atoms with E-state index >= 15 is 0 Å². The van der Waals surface area contributed by atoms with Gasteiger partial charge in [0.05, 0.1) is 5.52 Å². The van der Waals surface area contributed by atoms with Gasteiger partial charge in [0.15, 0.2) is 0 Å². The van der Waals surface area contributed by atoms with Gasteiger partial charge in [-0.05, 0) is 23.6 Å². The predicted octanol–water partition coefficient (Wildman–Crippen LogP) is 5.54. The predicted molar refractivity (Wildman–Crippen MR) is 96.5 cm³/mol. The van der Waals surface area contributed by atoms with Crippen molar-refractivity contribution in [1.29, 1.82) is 0 Å². The lowest BCUT2D eigenvalue weighted by molar-refractivity contribution is 1.43. The van der Waals surface area contributed by atoms with Crippen LogP contribution in [0.5, 0.6) is 0 Å². The number of para-hydroxylation sites is 1. The van der Waals surface area contributed by atoms with Gasteiger partial charge in [0, 0.05) is 39.1 Å². The molecule has 0 atom stereocenters. The summed E-state index contributed by atoms with van der Waals surface area (Å²) in [6.07, 6.45) is 1.95. The van der Waals surface area contributed by atoms with Crippen molar-refractivity contribution in [3.63, 3.8) is 0 Å². The van der Waals surface area contributed by atoms with Gasteiger partial charge in [0.2, 0.25) is 0 Å². The number of hydrogen-bond donors (Lipinski definition) is 1. The van der Waals surface area contributed by atoms with E-state index in [0.717, 1.165) is 16.7 Å². The second kappa shape index (κ2) is 4.68. The van der Waals surface area contributed by atoms with E-state index in [0.29, 0.717) is 0 Å². The third-order valence-corrected chi connectivity index (χ3v) is 4.44. The van der Waals surface area contributed by atoms with Crippen LogP contribution in [0.3, 0.4) is 0 Å². The molecule has 2 aromatic heterocycles. The van der Waals surface area contributed by atoms with Gasteiger partial charge in [-0.15, -0.1) is 0 Å². The standard InChI is InChI=1S/C21H14N2/c1-3-8-16-15(7-1)13-22-19-11-5-9-17(21(16)19)20-12-14-6-2-4-10-18(14)23-20/h1-13,23H. The van der Waals surface area contributed by atoms with E-state index in [1.807, 2.05) is 6.20 Å². The number of benzene rings is 3. The first kappa shape index (κ1) is 12.4. The summed E-state index contributed by atoms with van der Waals surface area (Å²) in [5.41, 5.74) is 4.52. The minimum Gasteiger partial charge on any atom is -0.355 e. The van der Waals surface area contributed by atoms with Crippen LogP contribution >= 0.6 is 0 Å². The van der Waals surface area contributed by atoms with Gasteiger partial charge in [-0.2, -0.15) is 0 Å². The number of aromatic nitrogens is 2. The number of nitrogens with zero attached hydrogens (tertiary/aromatic N) is 1. The number of hydrogen-bond acceptors (Lipinski definition) is 1. The second-order valence-corrected chi connectivity index (χ2v) is 5.82. The van der Waals surface area contributed by atoms with Crippen molar-refractivity contribution < 1.29 is 0 Å². The molecule has 0 bridgehead atoms. The Morgan fingerprint density at radius 2 is 1.57 bits per heavy atom. The molecule has 5 rings (SSSR count). The number of nitrogens with one attached hydrogen (secondary N) is 1. The number of aromatic amines is 1. The van der Waals surface area contributed by atoms with Crippen molar-refractivity contribution >= 4 is 32.6 Å². The molecule has 0 unspecified atom stereocenters. The van der Waals surface area contributed by atoms with Crippen LogP contribution in [0.2, 0.25) is 0 Å². The summed E-state index contributed by atoms with van der Waals surface area (Å²) in [6, 6.07) is 25.3. The lowest BCUT2D eigenvalue weighted by Crippen LogP contribution is -1.86. The maximum absolute atomic E-state index is 4.64. The van der Waals surface area contributed by atoms with Gasteiger partial charge in [-0.3, -0.25) is 4.98 Å². The highest BCUT2D eigenvalue weighted by atomic mass is 14.7. The van der Waals surface area contributed by atoms with Crippen molar-refractivity contribution in [3.8, 4) is 11.3 Å². The highest BCUT2D eigenvalue weighted by Gasteiger charge is 2.10. The van der Waals surface area contributed by atoms with Crippen LogP contribution < -0.4 is 0 Å². The van der Waals surface area contributed by atoms with Gasteiger partial charge in [-0.1, -0.05) is 54.6 Å². The van der Waals surface area contributed by atoms with E-state index in [1.54, 1.807) is 0 Å². The molecule has 0 fully saturated rings. The number of pyridine rings is 1. The van der Waals surface area contributed by atoms with Crippen LogP contribution in [0, 0.1) is 0 Å². The van der Waals surface area contributed by atoms with Crippen molar-refractivity contribution in [2.75, 3.05) is 0 Å². The van der Waals surface area contributed by atoms with E-state index in [2.05, 4.69) is 82.8 Å². The molecule has 3 aromatic carbocycles. The second-order valence-electron chi connectivity index (χ2n) is 5.82. The molecule has 5 aromatic rings. The smallest absolute Gasteiger partial charge is 0.0715 e. The normalized spacial score (nSPS) is 11.5. The first-order valence-electron chi connectivity index (χ1n) is 7.75. The molecule has 0 aliphatic heterocycles. The maximum Gasteiger partial charge on any atom is 0.0715 e. The fourth-order valence-corrected chi connectivity index (χ4v) is 3.35. The van der Waals surface area contributed by atoms with Gasteiger partial charge >= 0.3 is 0 Å². The van der Waals surface area contributed by atoms with Crippen LogP contribution in [-0.4, -0.2) is 9.97 Å². The van der Waals surface area contributed by atoms with E-state index in [-0.39, 0.29) is 0 Å². The first-order chi connectivity index (χ1) is 11.4. The Labute approximate surface area is 133 Å². The zero-order chi connectivity index (χ0) is 15.2. The Kier molecular flexibility index (Phi) is 2.53. The molecule has 1 N–H and O–H groups in total. The van der Waals surface area contributed by atoms with Gasteiger partial charge in [-0.25, -0.2) is 0 Å². The summed E-state index contributed by atoms with van der Waals surface area (Å²) in [5.74, 6) is 0. The maximum atomic E-state index is 4.64. The molecular weight excluding hydrogens is 280 g/mol. The summed E-state index contributed by atoms with van der Waals surface area (Å²) in [7, 11) is 0. The van der Waals surface area contributed by atoms with Gasteiger partial charge in [0.1, 0.15) is 0 Å². The summed E-state index contributed by atoms with van der Waals surface area (Å²) >= 11 is 0. The molecular formula is C21H14N2. The average Bonchev–Trinajstić information content (AvgIpc) is 3.05. The Morgan fingerprint density at radius 1 is 0.739 bits per heavy atom. The molecule has 2 heterocycles. The molecule has 2 nitrogen and oxygen atoms in total. The van der Waals surface area contributed by atoms with Crippen LogP contribution in [0.15, 0.2) is 79.0 Å². The largest absolute Gasteiger partial charge is 0.355 e. The Hall–Kier alpha value is -3.13. The molecule has 0 amide bonds. The fraction of sp³-hybridized carbons (Fsp3) is 0. The molecule has 0 aliphatic rings. The first-order valence-corrected chi connectivity index (χ1v) is 7.75. The third kappa shape index (κ3) is 1.85. The van der Waals surface area contributed by atoms with E-state index < -0.39 is 0 Å². The average molecular weight is 294 g/mol. The van der Waals surface area contributed by atoms with Crippen LogP contribution in [0.25, 0.3) is 43.8 Å². The molecule has 23 heavy (non-hydrogen) atoms. The van der Waals surface area contributed by atoms with E-state index in [9.17, 15) is 0 Å². The van der Waals surface area contributed by atoms with E-state index in [1.165, 1.54) is 27.1 Å². The summed E-state index contributed by atoms with van der Waals surface area (Å²) in [5, 5.41) is 4.85. The quantitative estimate of drug-likeness (QED) is 0.404. The Bertz CT molecular complexity index is 1140. The Morgan fingerprint density at radius 3 is 2.48 bits per heavy atom. The van der Waals surface area contributed by atoms with Gasteiger partial charge in [0.25, 0.3) is 0 Å². The number of H-pyrrole nitrogens is 1. The summed E-state index contributed by atoms with van der Waals surface area (Å²) in [6.45, 7) is 0. The van der Waals surface area contributed by atoms with Crippen molar-refractivity contribution in [2.45, 2.75) is 0 Å². The lowest BCUT2D eigenvalue weighted by atomic mass is 10.00. The molecule has 0 saturated carbocycles. The van der Waals surface area contributed by atoms with Crippen LogP contribution in [0.1, 0.15) is 0 Å². The zero-order valence-electron chi connectivity index (χ0n) is 12.5. The van der Waals surface area contributed by atoms with Crippen LogP contribution in [0.4, 0.5) is 0 Å². The molecule has 0 saturated heterocycles. The molecule has 0 radical (unpaired) electrons.